The zero-order chi connectivity index (χ0) is 16.4. The summed E-state index contributed by atoms with van der Waals surface area (Å²) in [5.74, 6) is 0.643. The summed E-state index contributed by atoms with van der Waals surface area (Å²) in [5, 5.41) is 18.7. The van der Waals surface area contributed by atoms with Gasteiger partial charge in [0.1, 0.15) is 6.61 Å². The molecule has 126 valence electrons. The van der Waals surface area contributed by atoms with Crippen molar-refractivity contribution in [2.24, 2.45) is 0 Å². The summed E-state index contributed by atoms with van der Waals surface area (Å²) < 4.78 is 10.6. The predicted octanol–water partition coefficient (Wildman–Crippen LogP) is 3.64. The van der Waals surface area contributed by atoms with Crippen molar-refractivity contribution in [1.82, 2.24) is 0 Å². The summed E-state index contributed by atoms with van der Waals surface area (Å²) >= 11 is 0. The van der Waals surface area contributed by atoms with E-state index in [0.717, 1.165) is 12.0 Å². The predicted molar refractivity (Wildman–Crippen MR) is 88.7 cm³/mol. The number of aromatic hydroxyl groups is 1. The van der Waals surface area contributed by atoms with Gasteiger partial charge < -0.3 is 19.7 Å². The number of hydrogen-bond acceptors (Lipinski definition) is 4. The molecule has 0 fully saturated rings. The molecule has 1 aromatic carbocycles. The van der Waals surface area contributed by atoms with Crippen molar-refractivity contribution in [3.05, 3.63) is 23.8 Å². The Hall–Kier alpha value is -1.26. The van der Waals surface area contributed by atoms with Crippen LogP contribution in [0.3, 0.4) is 0 Å². The summed E-state index contributed by atoms with van der Waals surface area (Å²) in [5.41, 5.74) is 1.18. The van der Waals surface area contributed by atoms with Crippen LogP contribution in [0.2, 0.25) is 0 Å². The minimum absolute atomic E-state index is 0.00700. The molecule has 0 saturated heterocycles. The second-order valence-electron chi connectivity index (χ2n) is 6.21. The van der Waals surface area contributed by atoms with Crippen LogP contribution in [0.1, 0.15) is 52.0 Å². The van der Waals surface area contributed by atoms with Gasteiger partial charge in [0.05, 0.1) is 19.8 Å². The van der Waals surface area contributed by atoms with E-state index in [0.29, 0.717) is 25.6 Å². The maximum Gasteiger partial charge on any atom is 0.161 e. The molecule has 0 bridgehead atoms. The Morgan fingerprint density at radius 3 is 2.50 bits per heavy atom. The molecule has 0 aromatic heterocycles. The van der Waals surface area contributed by atoms with E-state index in [1.807, 2.05) is 12.1 Å². The first-order chi connectivity index (χ1) is 10.5. The first-order valence-corrected chi connectivity index (χ1v) is 8.16. The molecule has 0 saturated carbocycles. The summed E-state index contributed by atoms with van der Waals surface area (Å²) in [7, 11) is 0. The van der Waals surface area contributed by atoms with Gasteiger partial charge in [0.15, 0.2) is 11.5 Å². The number of aliphatic hydroxyl groups is 1. The van der Waals surface area contributed by atoms with Gasteiger partial charge in [-0.3, -0.25) is 0 Å². The van der Waals surface area contributed by atoms with E-state index >= 15 is 0 Å². The van der Waals surface area contributed by atoms with E-state index in [1.165, 1.54) is 19.3 Å². The molecule has 22 heavy (non-hydrogen) atoms. The van der Waals surface area contributed by atoms with E-state index < -0.39 is 0 Å². The normalized spacial score (nSPS) is 11.6. The lowest BCUT2D eigenvalue weighted by Gasteiger charge is -2.26. The van der Waals surface area contributed by atoms with Crippen molar-refractivity contribution in [3.63, 3.8) is 0 Å². The lowest BCUT2D eigenvalue weighted by molar-refractivity contribution is 0.0699. The number of phenolic OH excluding ortho intramolecular Hbond substituents is 1. The zero-order valence-corrected chi connectivity index (χ0v) is 14.1. The van der Waals surface area contributed by atoms with Crippen molar-refractivity contribution in [2.45, 2.75) is 51.9 Å². The average Bonchev–Trinajstić information content (AvgIpc) is 2.48. The maximum absolute atomic E-state index is 10.1. The number of unbranched alkanes of at least 4 members (excludes halogenated alkanes) is 2. The first kappa shape index (κ1) is 18.8. The van der Waals surface area contributed by atoms with Gasteiger partial charge in [-0.05, 0) is 29.5 Å². The molecular weight excluding hydrogens is 280 g/mol. The molecule has 0 aliphatic rings. The van der Waals surface area contributed by atoms with Crippen LogP contribution in [0.25, 0.3) is 0 Å². The highest BCUT2D eigenvalue weighted by atomic mass is 16.5. The van der Waals surface area contributed by atoms with Gasteiger partial charge >= 0.3 is 0 Å². The molecule has 0 spiro atoms. The Labute approximate surface area is 134 Å². The summed E-state index contributed by atoms with van der Waals surface area (Å²) in [6.45, 7) is 7.68. The number of phenols is 1. The Balaban J connectivity index is 2.56. The standard InChI is InChI=1S/C18H30O4/c1-4-5-6-9-18(2,3)15-7-8-17(16(20)14-15)22-13-12-21-11-10-19/h7-8,14,19-20H,4-6,9-13H2,1-3H3. The molecule has 4 heteroatoms. The average molecular weight is 310 g/mol. The SMILES string of the molecule is CCCCCC(C)(C)c1ccc(OCCOCCO)c(O)c1. The molecule has 2 N–H and O–H groups in total. The van der Waals surface area contributed by atoms with Crippen LogP contribution in [0, 0.1) is 0 Å². The first-order valence-electron chi connectivity index (χ1n) is 8.16. The summed E-state index contributed by atoms with van der Waals surface area (Å²) in [4.78, 5) is 0. The van der Waals surface area contributed by atoms with Crippen LogP contribution in [0.4, 0.5) is 0 Å². The van der Waals surface area contributed by atoms with Crippen molar-refractivity contribution in [3.8, 4) is 11.5 Å². The minimum atomic E-state index is 0.00700. The number of ether oxygens (including phenoxy) is 2. The maximum atomic E-state index is 10.1. The van der Waals surface area contributed by atoms with Crippen molar-refractivity contribution >= 4 is 0 Å². The van der Waals surface area contributed by atoms with Crippen LogP contribution in [0.15, 0.2) is 18.2 Å². The topological polar surface area (TPSA) is 58.9 Å². The Morgan fingerprint density at radius 2 is 1.86 bits per heavy atom. The number of benzene rings is 1. The molecule has 0 heterocycles. The summed E-state index contributed by atoms with van der Waals surface area (Å²) in [6.07, 6.45) is 4.76. The van der Waals surface area contributed by atoms with Crippen LogP contribution in [-0.4, -0.2) is 36.6 Å². The molecule has 0 aliphatic carbocycles. The van der Waals surface area contributed by atoms with Crippen molar-refractivity contribution < 1.29 is 19.7 Å². The number of rotatable bonds is 11. The van der Waals surface area contributed by atoms with E-state index in [-0.39, 0.29) is 17.8 Å². The highest BCUT2D eigenvalue weighted by Gasteiger charge is 2.21. The number of aliphatic hydroxyl groups excluding tert-OH is 1. The fourth-order valence-electron chi connectivity index (χ4n) is 2.40. The van der Waals surface area contributed by atoms with Crippen molar-refractivity contribution in [1.29, 1.82) is 0 Å². The second-order valence-corrected chi connectivity index (χ2v) is 6.21. The smallest absolute Gasteiger partial charge is 0.161 e. The Bertz CT molecular complexity index is 429. The summed E-state index contributed by atoms with van der Waals surface area (Å²) in [6, 6.07) is 5.64. The molecule has 0 radical (unpaired) electrons. The van der Waals surface area contributed by atoms with E-state index in [2.05, 4.69) is 20.8 Å². The monoisotopic (exact) mass is 310 g/mol. The molecule has 4 nitrogen and oxygen atoms in total. The molecular formula is C18H30O4. The van der Waals surface area contributed by atoms with Gasteiger partial charge in [-0.15, -0.1) is 0 Å². The van der Waals surface area contributed by atoms with Gasteiger partial charge in [0.2, 0.25) is 0 Å². The van der Waals surface area contributed by atoms with Crippen LogP contribution >= 0.6 is 0 Å². The molecule has 1 rings (SSSR count). The minimum Gasteiger partial charge on any atom is -0.504 e. The van der Waals surface area contributed by atoms with Crippen LogP contribution in [-0.2, 0) is 10.2 Å². The molecule has 0 amide bonds. The Kier molecular flexibility index (Phi) is 8.28. The lowest BCUT2D eigenvalue weighted by atomic mass is 9.80. The number of hydrogen-bond donors (Lipinski definition) is 2. The van der Waals surface area contributed by atoms with Gasteiger partial charge in [-0.25, -0.2) is 0 Å². The largest absolute Gasteiger partial charge is 0.504 e. The molecule has 0 unspecified atom stereocenters. The van der Waals surface area contributed by atoms with Gasteiger partial charge in [-0.1, -0.05) is 46.1 Å². The second kappa shape index (κ2) is 9.70. The zero-order valence-electron chi connectivity index (χ0n) is 14.1. The third-order valence-corrected chi connectivity index (χ3v) is 3.87. The fourth-order valence-corrected chi connectivity index (χ4v) is 2.40. The van der Waals surface area contributed by atoms with E-state index in [4.69, 9.17) is 14.6 Å². The van der Waals surface area contributed by atoms with E-state index in [1.54, 1.807) is 6.07 Å². The third-order valence-electron chi connectivity index (χ3n) is 3.87. The third kappa shape index (κ3) is 6.24. The molecule has 1 aromatic rings. The quantitative estimate of drug-likeness (QED) is 0.613. The van der Waals surface area contributed by atoms with Gasteiger partial charge in [-0.2, -0.15) is 0 Å². The fraction of sp³-hybridized carbons (Fsp3) is 0.667. The van der Waals surface area contributed by atoms with Gasteiger partial charge in [0.25, 0.3) is 0 Å². The van der Waals surface area contributed by atoms with E-state index in [9.17, 15) is 5.11 Å². The van der Waals surface area contributed by atoms with Crippen molar-refractivity contribution in [2.75, 3.05) is 26.4 Å². The van der Waals surface area contributed by atoms with Crippen LogP contribution in [0.5, 0.6) is 11.5 Å². The Morgan fingerprint density at radius 1 is 1.09 bits per heavy atom. The molecule has 0 atom stereocenters. The highest BCUT2D eigenvalue weighted by molar-refractivity contribution is 5.43. The molecule has 0 aliphatic heterocycles. The highest BCUT2D eigenvalue weighted by Crippen LogP contribution is 2.35. The lowest BCUT2D eigenvalue weighted by Crippen LogP contribution is -2.17. The van der Waals surface area contributed by atoms with Gasteiger partial charge in [0, 0.05) is 0 Å². The van der Waals surface area contributed by atoms with Crippen LogP contribution < -0.4 is 4.74 Å².